The Bertz CT molecular complexity index is 601. The Labute approximate surface area is 167 Å². The molecule has 0 spiro atoms. The minimum Gasteiger partial charge on any atom is -0.491 e. The number of nitrogens with zero attached hydrogens (tertiary/aromatic N) is 1. The summed E-state index contributed by atoms with van der Waals surface area (Å²) >= 11 is 0. The Morgan fingerprint density at radius 2 is 2.00 bits per heavy atom. The van der Waals surface area contributed by atoms with Crippen molar-refractivity contribution in [2.75, 3.05) is 11.9 Å². The first-order valence-electron chi connectivity index (χ1n) is 8.86. The summed E-state index contributed by atoms with van der Waals surface area (Å²) in [6, 6.07) is 8.01. The number of nitrogens with two attached hydrogens (primary N) is 1. The molecule has 25 heavy (non-hydrogen) atoms. The highest BCUT2D eigenvalue weighted by atomic mass is 127. The molecule has 6 heteroatoms. The molecule has 5 nitrogen and oxygen atoms in total. The van der Waals surface area contributed by atoms with Gasteiger partial charge < -0.3 is 20.5 Å². The van der Waals surface area contributed by atoms with Crippen molar-refractivity contribution in [3.63, 3.8) is 0 Å². The topological polar surface area (TPSA) is 68.9 Å². The van der Waals surface area contributed by atoms with Crippen molar-refractivity contribution < 1.29 is 9.47 Å². The highest BCUT2D eigenvalue weighted by Crippen LogP contribution is 2.53. The molecule has 2 aliphatic rings. The molecule has 1 heterocycles. The first kappa shape index (κ1) is 20.3. The number of aliphatic imine (C=N–C) groups is 1. The largest absolute Gasteiger partial charge is 0.491 e. The molecule has 3 rings (SSSR count). The van der Waals surface area contributed by atoms with Gasteiger partial charge in [0.1, 0.15) is 5.75 Å². The van der Waals surface area contributed by atoms with Crippen LogP contribution in [0.3, 0.4) is 0 Å². The second kappa shape index (κ2) is 8.12. The normalized spacial score (nSPS) is 27.7. The first-order chi connectivity index (χ1) is 11.4. The van der Waals surface area contributed by atoms with E-state index in [0.29, 0.717) is 18.0 Å². The van der Waals surface area contributed by atoms with Crippen LogP contribution in [0.25, 0.3) is 0 Å². The number of ether oxygens (including phenoxy) is 2. The zero-order valence-electron chi connectivity index (χ0n) is 15.5. The van der Waals surface area contributed by atoms with Crippen LogP contribution in [0.15, 0.2) is 29.3 Å². The number of benzene rings is 1. The molecule has 1 aromatic rings. The molecule has 1 aliphatic heterocycles. The van der Waals surface area contributed by atoms with Gasteiger partial charge in [-0.3, -0.25) is 0 Å². The highest BCUT2D eigenvalue weighted by Gasteiger charge is 2.58. The lowest BCUT2D eigenvalue weighted by Crippen LogP contribution is -2.64. The number of nitrogens with one attached hydrogen (secondary N) is 1. The van der Waals surface area contributed by atoms with E-state index in [4.69, 9.17) is 20.2 Å². The minimum atomic E-state index is 0. The fourth-order valence-corrected chi connectivity index (χ4v) is 3.98. The predicted molar refractivity (Wildman–Crippen MR) is 113 cm³/mol. The van der Waals surface area contributed by atoms with E-state index < -0.39 is 0 Å². The number of halogens is 1. The molecule has 3 unspecified atom stereocenters. The summed E-state index contributed by atoms with van der Waals surface area (Å²) in [6.45, 7) is 9.34. The van der Waals surface area contributed by atoms with Crippen LogP contribution in [0.2, 0.25) is 0 Å². The maximum atomic E-state index is 6.14. The van der Waals surface area contributed by atoms with Gasteiger partial charge in [-0.1, -0.05) is 13.8 Å². The van der Waals surface area contributed by atoms with E-state index in [2.05, 4.69) is 19.2 Å². The van der Waals surface area contributed by atoms with Crippen LogP contribution >= 0.6 is 24.0 Å². The average Bonchev–Trinajstić information content (AvgIpc) is 2.54. The molecule has 3 N–H and O–H groups in total. The fraction of sp³-hybridized carbons (Fsp3) is 0.632. The number of hydrogen-bond donors (Lipinski definition) is 2. The Kier molecular flexibility index (Phi) is 6.59. The van der Waals surface area contributed by atoms with Gasteiger partial charge >= 0.3 is 0 Å². The van der Waals surface area contributed by atoms with E-state index >= 15 is 0 Å². The van der Waals surface area contributed by atoms with Gasteiger partial charge in [0.2, 0.25) is 0 Å². The van der Waals surface area contributed by atoms with Gasteiger partial charge in [0.25, 0.3) is 0 Å². The Hall–Kier alpha value is -1.02. The first-order valence-corrected chi connectivity index (χ1v) is 8.86. The molecule has 1 aliphatic carbocycles. The Morgan fingerprint density at radius 1 is 1.32 bits per heavy atom. The van der Waals surface area contributed by atoms with E-state index in [1.54, 1.807) is 0 Å². The third-order valence-electron chi connectivity index (χ3n) is 5.05. The predicted octanol–water partition coefficient (Wildman–Crippen LogP) is 4.02. The Balaban J connectivity index is 0.00000225. The maximum Gasteiger partial charge on any atom is 0.193 e. The van der Waals surface area contributed by atoms with E-state index in [0.717, 1.165) is 24.5 Å². The molecule has 0 aromatic heterocycles. The molecule has 0 radical (unpaired) electrons. The lowest BCUT2D eigenvalue weighted by atomic mass is 9.55. The summed E-state index contributed by atoms with van der Waals surface area (Å²) in [5.74, 6) is 1.82. The maximum absolute atomic E-state index is 6.14. The van der Waals surface area contributed by atoms with Crippen molar-refractivity contribution in [2.45, 2.75) is 58.8 Å². The lowest BCUT2D eigenvalue weighted by molar-refractivity contribution is -0.182. The van der Waals surface area contributed by atoms with Crippen molar-refractivity contribution in [3.8, 4) is 5.75 Å². The van der Waals surface area contributed by atoms with Crippen LogP contribution in [0.5, 0.6) is 5.75 Å². The number of fused-ring (bicyclic) bond motifs is 1. The summed E-state index contributed by atoms with van der Waals surface area (Å²) < 4.78 is 11.6. The van der Waals surface area contributed by atoms with Crippen LogP contribution in [0.4, 0.5) is 5.69 Å². The molecule has 140 valence electrons. The number of guanidine groups is 1. The highest BCUT2D eigenvalue weighted by molar-refractivity contribution is 14.0. The van der Waals surface area contributed by atoms with Crippen LogP contribution in [0, 0.1) is 11.3 Å². The summed E-state index contributed by atoms with van der Waals surface area (Å²) in [5.41, 5.74) is 7.11. The average molecular weight is 459 g/mol. The smallest absolute Gasteiger partial charge is 0.193 e. The molecule has 1 saturated carbocycles. The van der Waals surface area contributed by atoms with Gasteiger partial charge in [-0.2, -0.15) is 0 Å². The molecule has 1 saturated heterocycles. The summed E-state index contributed by atoms with van der Waals surface area (Å²) in [7, 11) is 0. The van der Waals surface area contributed by atoms with E-state index in [1.165, 1.54) is 6.42 Å². The zero-order valence-corrected chi connectivity index (χ0v) is 17.8. The third-order valence-corrected chi connectivity index (χ3v) is 5.05. The van der Waals surface area contributed by atoms with Gasteiger partial charge in [-0.15, -0.1) is 24.0 Å². The minimum absolute atomic E-state index is 0. The lowest BCUT2D eigenvalue weighted by Gasteiger charge is -2.58. The van der Waals surface area contributed by atoms with Gasteiger partial charge in [-0.25, -0.2) is 4.99 Å². The standard InChI is InChI=1S/C19H29N3O2.HI/c1-12(2)24-14-9-7-13(8-10-14)21-18(20)22-16-15-6-5-11-23-17(15)19(16,3)4;/h7-10,12,15-17H,5-6,11H2,1-4H3,(H3,20,21,22);1H. The molecule has 2 fully saturated rings. The van der Waals surface area contributed by atoms with Gasteiger partial charge in [0.05, 0.1) is 18.2 Å². The number of hydrogen-bond acceptors (Lipinski definition) is 3. The van der Waals surface area contributed by atoms with Crippen molar-refractivity contribution in [2.24, 2.45) is 22.1 Å². The molecular formula is C19H30IN3O2. The molecule has 0 amide bonds. The fourth-order valence-electron chi connectivity index (χ4n) is 3.98. The van der Waals surface area contributed by atoms with Crippen LogP contribution < -0.4 is 15.8 Å². The van der Waals surface area contributed by atoms with Crippen molar-refractivity contribution >= 4 is 35.6 Å². The molecule has 3 atom stereocenters. The monoisotopic (exact) mass is 459 g/mol. The quantitative estimate of drug-likeness (QED) is 0.406. The van der Waals surface area contributed by atoms with Crippen molar-refractivity contribution in [1.29, 1.82) is 0 Å². The van der Waals surface area contributed by atoms with Crippen molar-refractivity contribution in [1.82, 2.24) is 0 Å². The van der Waals surface area contributed by atoms with E-state index in [-0.39, 0.29) is 41.5 Å². The molecule has 1 aromatic carbocycles. The molecular weight excluding hydrogens is 429 g/mol. The SMILES string of the molecule is CC(C)Oc1ccc(NC(N)=NC2C3CCCOC3C2(C)C)cc1.I. The summed E-state index contributed by atoms with van der Waals surface area (Å²) in [4.78, 5) is 4.76. The number of rotatable bonds is 4. The second-order valence-electron chi connectivity index (χ2n) is 7.69. The van der Waals surface area contributed by atoms with Crippen LogP contribution in [-0.2, 0) is 4.74 Å². The molecule has 0 bridgehead atoms. The van der Waals surface area contributed by atoms with Crippen LogP contribution in [-0.4, -0.2) is 30.8 Å². The second-order valence-corrected chi connectivity index (χ2v) is 7.69. The zero-order chi connectivity index (χ0) is 17.3. The van der Waals surface area contributed by atoms with Gasteiger partial charge in [0.15, 0.2) is 5.96 Å². The Morgan fingerprint density at radius 3 is 2.64 bits per heavy atom. The number of anilines is 1. The van der Waals surface area contributed by atoms with Crippen molar-refractivity contribution in [3.05, 3.63) is 24.3 Å². The van der Waals surface area contributed by atoms with Gasteiger partial charge in [-0.05, 0) is 51.0 Å². The summed E-state index contributed by atoms with van der Waals surface area (Å²) in [6.07, 6.45) is 2.78. The van der Waals surface area contributed by atoms with E-state index in [1.807, 2.05) is 38.1 Å². The van der Waals surface area contributed by atoms with E-state index in [9.17, 15) is 0 Å². The third kappa shape index (κ3) is 4.39. The summed E-state index contributed by atoms with van der Waals surface area (Å²) in [5, 5.41) is 3.19. The van der Waals surface area contributed by atoms with Gasteiger partial charge in [0, 0.05) is 23.6 Å². The van der Waals surface area contributed by atoms with Crippen LogP contribution in [0.1, 0.15) is 40.5 Å².